The van der Waals surface area contributed by atoms with Crippen LogP contribution in [0, 0.1) is 0 Å². The average Bonchev–Trinajstić information content (AvgIpc) is 2.03. The van der Waals surface area contributed by atoms with E-state index < -0.39 is 5.97 Å². The maximum absolute atomic E-state index is 10.1. The molecule has 0 aromatic rings. The monoisotopic (exact) mass is 151 g/mol. The minimum Gasteiger partial charge on any atom is -0.478 e. The maximum Gasteiger partial charge on any atom is 0.328 e. The van der Waals surface area contributed by atoms with E-state index in [1.54, 1.807) is 12.3 Å². The average molecular weight is 151 g/mol. The number of nitrogens with one attached hydrogen (secondary N) is 1. The molecule has 0 aromatic heterocycles. The molecule has 58 valence electrons. The molecule has 2 N–H and O–H groups in total. The lowest BCUT2D eigenvalue weighted by Gasteiger charge is -2.02. The minimum absolute atomic E-state index is 0.810. The van der Waals surface area contributed by atoms with Crippen molar-refractivity contribution in [1.82, 2.24) is 5.32 Å². The molecule has 0 fully saturated rings. The molecule has 0 radical (unpaired) electrons. The second kappa shape index (κ2) is 3.61. The van der Waals surface area contributed by atoms with Gasteiger partial charge in [0.1, 0.15) is 0 Å². The number of allylic oxidation sites excluding steroid dienone is 3. The van der Waals surface area contributed by atoms with Crippen LogP contribution in [0.15, 0.2) is 36.1 Å². The van der Waals surface area contributed by atoms with Crippen molar-refractivity contribution < 1.29 is 9.90 Å². The lowest BCUT2D eigenvalue weighted by Crippen LogP contribution is -2.08. The summed E-state index contributed by atoms with van der Waals surface area (Å²) >= 11 is 0. The van der Waals surface area contributed by atoms with Crippen molar-refractivity contribution in [3.8, 4) is 0 Å². The summed E-state index contributed by atoms with van der Waals surface area (Å²) in [5, 5.41) is 11.3. The number of hydrogen-bond donors (Lipinski definition) is 2. The third-order valence-corrected chi connectivity index (χ3v) is 1.23. The summed E-state index contributed by atoms with van der Waals surface area (Å²) in [6.45, 7) is 0.810. The quantitative estimate of drug-likeness (QED) is 0.570. The van der Waals surface area contributed by atoms with Crippen molar-refractivity contribution >= 4 is 5.97 Å². The smallest absolute Gasteiger partial charge is 0.328 e. The van der Waals surface area contributed by atoms with Gasteiger partial charge in [0.15, 0.2) is 0 Å². The molecule has 0 unspecified atom stereocenters. The highest BCUT2D eigenvalue weighted by molar-refractivity contribution is 5.80. The third-order valence-electron chi connectivity index (χ3n) is 1.23. The predicted octanol–water partition coefficient (Wildman–Crippen LogP) is 0.671. The number of hydrogen-bond acceptors (Lipinski definition) is 2. The van der Waals surface area contributed by atoms with Crippen molar-refractivity contribution in [3.05, 3.63) is 36.1 Å². The van der Waals surface area contributed by atoms with E-state index in [1.165, 1.54) is 0 Å². The van der Waals surface area contributed by atoms with Crippen LogP contribution < -0.4 is 5.32 Å². The molecule has 0 amide bonds. The van der Waals surface area contributed by atoms with E-state index in [0.717, 1.165) is 18.2 Å². The van der Waals surface area contributed by atoms with Gasteiger partial charge in [-0.2, -0.15) is 0 Å². The van der Waals surface area contributed by atoms with Gasteiger partial charge in [0.05, 0.1) is 0 Å². The molecule has 0 saturated heterocycles. The maximum atomic E-state index is 10.1. The first-order valence-corrected chi connectivity index (χ1v) is 3.30. The Morgan fingerprint density at radius 3 is 3.09 bits per heavy atom. The topological polar surface area (TPSA) is 49.3 Å². The Labute approximate surface area is 64.7 Å². The molecule has 1 rings (SSSR count). The molecule has 3 heteroatoms. The summed E-state index contributed by atoms with van der Waals surface area (Å²) in [6, 6.07) is 0. The predicted molar refractivity (Wildman–Crippen MR) is 42.0 cm³/mol. The van der Waals surface area contributed by atoms with Gasteiger partial charge in [-0.1, -0.05) is 12.2 Å². The second-order valence-corrected chi connectivity index (χ2v) is 2.13. The van der Waals surface area contributed by atoms with E-state index in [1.807, 2.05) is 12.2 Å². The minimum atomic E-state index is -0.926. The Kier molecular flexibility index (Phi) is 2.49. The van der Waals surface area contributed by atoms with Gasteiger partial charge >= 0.3 is 5.97 Å². The van der Waals surface area contributed by atoms with Gasteiger partial charge in [-0.15, -0.1) is 0 Å². The lowest BCUT2D eigenvalue weighted by molar-refractivity contribution is -0.131. The van der Waals surface area contributed by atoms with Crippen LogP contribution >= 0.6 is 0 Å². The number of dihydropyridines is 1. The summed E-state index contributed by atoms with van der Waals surface area (Å²) in [5.41, 5.74) is 0.874. The molecule has 0 aliphatic carbocycles. The molecular formula is C8H9NO2. The van der Waals surface area contributed by atoms with Crippen LogP contribution in [0.2, 0.25) is 0 Å². The normalized spacial score (nSPS) is 16.2. The van der Waals surface area contributed by atoms with Gasteiger partial charge in [0.25, 0.3) is 0 Å². The molecular weight excluding hydrogens is 142 g/mol. The lowest BCUT2D eigenvalue weighted by atomic mass is 10.2. The van der Waals surface area contributed by atoms with Crippen molar-refractivity contribution in [2.45, 2.75) is 0 Å². The first-order valence-electron chi connectivity index (χ1n) is 3.30. The zero-order chi connectivity index (χ0) is 8.10. The van der Waals surface area contributed by atoms with Gasteiger partial charge < -0.3 is 10.4 Å². The van der Waals surface area contributed by atoms with Gasteiger partial charge in [-0.25, -0.2) is 4.79 Å². The van der Waals surface area contributed by atoms with E-state index in [-0.39, 0.29) is 0 Å². The summed E-state index contributed by atoms with van der Waals surface area (Å²) < 4.78 is 0. The number of rotatable bonds is 2. The van der Waals surface area contributed by atoms with E-state index in [0.29, 0.717) is 0 Å². The van der Waals surface area contributed by atoms with E-state index >= 15 is 0 Å². The van der Waals surface area contributed by atoms with Crippen LogP contribution in [0.1, 0.15) is 0 Å². The van der Waals surface area contributed by atoms with Crippen molar-refractivity contribution in [2.75, 3.05) is 6.54 Å². The third kappa shape index (κ3) is 2.71. The molecule has 11 heavy (non-hydrogen) atoms. The molecule has 3 nitrogen and oxygen atoms in total. The first kappa shape index (κ1) is 7.60. The van der Waals surface area contributed by atoms with Crippen LogP contribution in [-0.4, -0.2) is 17.6 Å². The zero-order valence-electron chi connectivity index (χ0n) is 5.95. The fourth-order valence-electron chi connectivity index (χ4n) is 0.759. The Hall–Kier alpha value is -1.51. The molecule has 0 aromatic carbocycles. The van der Waals surface area contributed by atoms with E-state index in [9.17, 15) is 4.79 Å². The number of carboxylic acid groups (broad SMARTS) is 1. The fraction of sp³-hybridized carbons (Fsp3) is 0.125. The SMILES string of the molecule is O=C(O)/C=C/C1=CNCC=C1. The number of carboxylic acids is 1. The van der Waals surface area contributed by atoms with Gasteiger partial charge in [0, 0.05) is 18.8 Å². The molecule has 0 bridgehead atoms. The Morgan fingerprint density at radius 1 is 1.73 bits per heavy atom. The van der Waals surface area contributed by atoms with Gasteiger partial charge in [-0.3, -0.25) is 0 Å². The van der Waals surface area contributed by atoms with Crippen molar-refractivity contribution in [3.63, 3.8) is 0 Å². The second-order valence-electron chi connectivity index (χ2n) is 2.13. The zero-order valence-corrected chi connectivity index (χ0v) is 5.95. The van der Waals surface area contributed by atoms with Crippen molar-refractivity contribution in [1.29, 1.82) is 0 Å². The molecule has 0 saturated carbocycles. The van der Waals surface area contributed by atoms with Crippen LogP contribution in [0.5, 0.6) is 0 Å². The Balaban J connectivity index is 2.55. The molecule has 0 spiro atoms. The summed E-state index contributed by atoms with van der Waals surface area (Å²) in [5.74, 6) is -0.926. The summed E-state index contributed by atoms with van der Waals surface area (Å²) in [4.78, 5) is 10.1. The Morgan fingerprint density at radius 2 is 2.55 bits per heavy atom. The molecule has 1 aliphatic heterocycles. The van der Waals surface area contributed by atoms with Crippen molar-refractivity contribution in [2.24, 2.45) is 0 Å². The van der Waals surface area contributed by atoms with Crippen LogP contribution in [-0.2, 0) is 4.79 Å². The highest BCUT2D eigenvalue weighted by Crippen LogP contribution is 2.00. The van der Waals surface area contributed by atoms with Gasteiger partial charge in [0.2, 0.25) is 0 Å². The van der Waals surface area contributed by atoms with Crippen LogP contribution in [0.3, 0.4) is 0 Å². The fourth-order valence-corrected chi connectivity index (χ4v) is 0.759. The molecule has 0 atom stereocenters. The van der Waals surface area contributed by atoms with Gasteiger partial charge in [-0.05, 0) is 11.6 Å². The standard InChI is InChI=1S/C8H9NO2/c10-8(11)4-3-7-2-1-5-9-6-7/h1-4,6,9H,5H2,(H,10,11)/b4-3+. The van der Waals surface area contributed by atoms with Crippen LogP contribution in [0.4, 0.5) is 0 Å². The van der Waals surface area contributed by atoms with Crippen LogP contribution in [0.25, 0.3) is 0 Å². The summed E-state index contributed by atoms with van der Waals surface area (Å²) in [7, 11) is 0. The number of aliphatic carboxylic acids is 1. The Bertz CT molecular complexity index is 238. The largest absolute Gasteiger partial charge is 0.478 e. The van der Waals surface area contributed by atoms with E-state index in [2.05, 4.69) is 5.32 Å². The highest BCUT2D eigenvalue weighted by atomic mass is 16.4. The molecule has 1 aliphatic rings. The van der Waals surface area contributed by atoms with E-state index in [4.69, 9.17) is 5.11 Å². The number of carbonyl (C=O) groups is 1. The highest BCUT2D eigenvalue weighted by Gasteiger charge is 1.91. The first-order chi connectivity index (χ1) is 5.29. The molecule has 1 heterocycles. The summed E-state index contributed by atoms with van der Waals surface area (Å²) in [6.07, 6.45) is 8.24.